The summed E-state index contributed by atoms with van der Waals surface area (Å²) in [6.07, 6.45) is -9.02. The van der Waals surface area contributed by atoms with E-state index in [1.807, 2.05) is 37.4 Å². The van der Waals surface area contributed by atoms with Gasteiger partial charge in [-0.05, 0) is 55.6 Å². The minimum absolute atomic E-state index is 0.0914. The molecule has 1 aliphatic heterocycles. The number of carbonyl (C=O) groups excluding carboxylic acids is 1. The van der Waals surface area contributed by atoms with Crippen LogP contribution in [-0.4, -0.2) is 42.0 Å². The number of nitrogens with zero attached hydrogens (tertiary/aromatic N) is 2. The van der Waals surface area contributed by atoms with Crippen LogP contribution in [0.2, 0.25) is 0 Å². The number of nitrogens with one attached hydrogen (secondary N) is 1. The summed E-state index contributed by atoms with van der Waals surface area (Å²) in [6, 6.07) is 9.10. The van der Waals surface area contributed by atoms with E-state index in [1.54, 1.807) is 4.90 Å². The predicted octanol–water partition coefficient (Wildman–Crippen LogP) is 5.87. The number of likely N-dealkylation sites (N-methyl/N-ethyl adjacent to an activating group) is 1. The molecule has 2 fully saturated rings. The van der Waals surface area contributed by atoms with E-state index in [0.29, 0.717) is 18.7 Å². The van der Waals surface area contributed by atoms with Gasteiger partial charge in [-0.2, -0.15) is 26.3 Å². The molecule has 1 heterocycles. The Kier molecular flexibility index (Phi) is 5.86. The number of alkyl halides is 6. The number of hydrogen-bond donors (Lipinski definition) is 1. The summed E-state index contributed by atoms with van der Waals surface area (Å²) in [4.78, 5) is 16.4. The van der Waals surface area contributed by atoms with Crippen LogP contribution in [0.1, 0.15) is 47.7 Å². The number of urea groups is 1. The highest BCUT2D eigenvalue weighted by molar-refractivity contribution is 5.77. The maximum absolute atomic E-state index is 13.5. The van der Waals surface area contributed by atoms with Gasteiger partial charge < -0.3 is 15.1 Å². The van der Waals surface area contributed by atoms with E-state index in [-0.39, 0.29) is 29.1 Å². The molecule has 0 spiro atoms. The molecule has 2 aromatic carbocycles. The van der Waals surface area contributed by atoms with Gasteiger partial charge in [0.1, 0.15) is 0 Å². The molecule has 1 saturated heterocycles. The van der Waals surface area contributed by atoms with Crippen LogP contribution in [0.15, 0.2) is 48.5 Å². The van der Waals surface area contributed by atoms with Crippen molar-refractivity contribution in [2.24, 2.45) is 5.92 Å². The molecule has 4 rings (SSSR count). The van der Waals surface area contributed by atoms with Gasteiger partial charge in [0, 0.05) is 19.1 Å². The Morgan fingerprint density at radius 2 is 1.62 bits per heavy atom. The van der Waals surface area contributed by atoms with Gasteiger partial charge in [-0.1, -0.05) is 30.3 Å². The van der Waals surface area contributed by atoms with Crippen LogP contribution < -0.4 is 5.32 Å². The summed E-state index contributed by atoms with van der Waals surface area (Å²) in [5.41, 5.74) is -2.40. The number of piperidine rings is 1. The van der Waals surface area contributed by atoms with Gasteiger partial charge in [-0.3, -0.25) is 0 Å². The molecule has 184 valence electrons. The number of amides is 2. The molecule has 34 heavy (non-hydrogen) atoms. The fraction of sp³-hybridized carbons (Fsp3) is 0.458. The summed E-state index contributed by atoms with van der Waals surface area (Å²) < 4.78 is 79.9. The number of carbonyl (C=O) groups is 1. The van der Waals surface area contributed by atoms with Gasteiger partial charge in [0.25, 0.3) is 0 Å². The van der Waals surface area contributed by atoms with Gasteiger partial charge in [-0.25, -0.2) is 4.79 Å². The third-order valence-electron chi connectivity index (χ3n) is 7.17. The summed E-state index contributed by atoms with van der Waals surface area (Å²) in [6.45, 7) is 1.88. The van der Waals surface area contributed by atoms with E-state index < -0.39 is 35.6 Å². The molecule has 0 radical (unpaired) electrons. The maximum Gasteiger partial charge on any atom is 0.416 e. The van der Waals surface area contributed by atoms with E-state index in [1.165, 1.54) is 18.9 Å². The van der Waals surface area contributed by atoms with Crippen LogP contribution in [0.25, 0.3) is 0 Å². The fourth-order valence-corrected chi connectivity index (χ4v) is 5.09. The van der Waals surface area contributed by atoms with Crippen LogP contribution >= 0.6 is 0 Å². The molecule has 1 N–H and O–H groups in total. The fourth-order valence-electron chi connectivity index (χ4n) is 5.09. The molecule has 2 aliphatic rings. The highest BCUT2D eigenvalue weighted by Gasteiger charge is 2.66. The van der Waals surface area contributed by atoms with Crippen molar-refractivity contribution < 1.29 is 31.1 Å². The number of benzene rings is 2. The Hall–Kier alpha value is -2.75. The zero-order valence-corrected chi connectivity index (χ0v) is 18.8. The van der Waals surface area contributed by atoms with Gasteiger partial charge in [0.2, 0.25) is 0 Å². The first kappa shape index (κ1) is 24.4. The first-order valence-corrected chi connectivity index (χ1v) is 10.9. The zero-order valence-electron chi connectivity index (χ0n) is 18.8. The van der Waals surface area contributed by atoms with E-state index >= 15 is 0 Å². The molecule has 1 saturated carbocycles. The average Bonchev–Trinajstić information content (AvgIpc) is 3.40. The quantitative estimate of drug-likeness (QED) is 0.550. The van der Waals surface area contributed by atoms with Crippen LogP contribution in [0, 0.1) is 5.92 Å². The highest BCUT2D eigenvalue weighted by Crippen LogP contribution is 2.60. The average molecular weight is 485 g/mol. The predicted molar refractivity (Wildman–Crippen MR) is 114 cm³/mol. The Balaban J connectivity index is 1.66. The molecule has 0 unspecified atom stereocenters. The molecule has 10 heteroatoms. The molecule has 2 aromatic rings. The topological polar surface area (TPSA) is 35.6 Å². The minimum Gasteiger partial charge on any atom is -0.321 e. The first-order chi connectivity index (χ1) is 15.8. The second kappa shape index (κ2) is 8.18. The van der Waals surface area contributed by atoms with Gasteiger partial charge in [0.15, 0.2) is 0 Å². The molecule has 0 bridgehead atoms. The van der Waals surface area contributed by atoms with Crippen molar-refractivity contribution in [1.29, 1.82) is 0 Å². The van der Waals surface area contributed by atoms with Crippen molar-refractivity contribution in [3.63, 3.8) is 0 Å². The van der Waals surface area contributed by atoms with Crippen molar-refractivity contribution in [3.8, 4) is 0 Å². The standard InChI is InChI=1S/C24H25F6N3O/c1-14(16-9-17(23(25,26)27)11-18(10-16)24(28,29)30)32(3)21(34)33-13-19-12-22(19,31-2)20(33)15-7-5-4-6-8-15/h4-11,14,19-20,31H,12-13H2,1-3H3/t14-,19-,20-,22+/m0/s1. The summed E-state index contributed by atoms with van der Waals surface area (Å²) >= 11 is 0. The van der Waals surface area contributed by atoms with Crippen molar-refractivity contribution in [2.75, 3.05) is 20.6 Å². The van der Waals surface area contributed by atoms with E-state index in [9.17, 15) is 31.1 Å². The van der Waals surface area contributed by atoms with E-state index in [4.69, 9.17) is 0 Å². The molecule has 1 aliphatic carbocycles. The molecular formula is C24H25F6N3O. The van der Waals surface area contributed by atoms with Crippen molar-refractivity contribution in [2.45, 2.75) is 43.3 Å². The van der Waals surface area contributed by atoms with Crippen molar-refractivity contribution >= 4 is 6.03 Å². The van der Waals surface area contributed by atoms with Crippen molar-refractivity contribution in [1.82, 2.24) is 15.1 Å². The third kappa shape index (κ3) is 4.12. The Bertz CT molecular complexity index is 1030. The summed E-state index contributed by atoms with van der Waals surface area (Å²) in [5.74, 6) is 0.223. The Morgan fingerprint density at radius 3 is 2.12 bits per heavy atom. The molecule has 4 atom stereocenters. The van der Waals surface area contributed by atoms with Gasteiger partial charge >= 0.3 is 18.4 Å². The lowest BCUT2D eigenvalue weighted by Crippen LogP contribution is -2.47. The first-order valence-electron chi connectivity index (χ1n) is 10.9. The SMILES string of the molecule is CN[C@]12C[C@H]1CN(C(=O)N(C)[C@@H](C)c1cc(C(F)(F)F)cc(C(F)(F)F)c1)[C@H]2c1ccccc1. The molecule has 4 nitrogen and oxygen atoms in total. The summed E-state index contributed by atoms with van der Waals surface area (Å²) in [5, 5.41) is 3.33. The molecular weight excluding hydrogens is 460 g/mol. The van der Waals surface area contributed by atoms with E-state index in [0.717, 1.165) is 12.0 Å². The normalized spacial score (nSPS) is 25.1. The number of halogens is 6. The largest absolute Gasteiger partial charge is 0.416 e. The zero-order chi connectivity index (χ0) is 25.1. The van der Waals surface area contributed by atoms with Crippen LogP contribution in [0.5, 0.6) is 0 Å². The Morgan fingerprint density at radius 1 is 1.06 bits per heavy atom. The number of likely N-dealkylation sites (tertiary alicyclic amines) is 1. The van der Waals surface area contributed by atoms with Crippen LogP contribution in [-0.2, 0) is 12.4 Å². The molecule has 2 amide bonds. The monoisotopic (exact) mass is 485 g/mol. The smallest absolute Gasteiger partial charge is 0.321 e. The second-order valence-corrected chi connectivity index (χ2v) is 9.07. The molecule has 0 aromatic heterocycles. The maximum atomic E-state index is 13.5. The number of fused-ring (bicyclic) bond motifs is 1. The number of hydrogen-bond acceptors (Lipinski definition) is 2. The summed E-state index contributed by atoms with van der Waals surface area (Å²) in [7, 11) is 3.23. The Labute approximate surface area is 193 Å². The lowest BCUT2D eigenvalue weighted by atomic mass is 9.97. The third-order valence-corrected chi connectivity index (χ3v) is 7.17. The van der Waals surface area contributed by atoms with Crippen molar-refractivity contribution in [3.05, 3.63) is 70.8 Å². The number of rotatable bonds is 4. The lowest BCUT2D eigenvalue weighted by Gasteiger charge is -2.37. The van der Waals surface area contributed by atoms with Gasteiger partial charge in [0.05, 0.1) is 23.2 Å². The van der Waals surface area contributed by atoms with Crippen LogP contribution in [0.4, 0.5) is 31.1 Å². The van der Waals surface area contributed by atoms with E-state index in [2.05, 4.69) is 5.32 Å². The minimum atomic E-state index is -4.95. The second-order valence-electron chi connectivity index (χ2n) is 9.07. The van der Waals surface area contributed by atoms with Gasteiger partial charge in [-0.15, -0.1) is 0 Å². The lowest BCUT2D eigenvalue weighted by molar-refractivity contribution is -0.143. The highest BCUT2D eigenvalue weighted by atomic mass is 19.4. The van der Waals surface area contributed by atoms with Crippen LogP contribution in [0.3, 0.4) is 0 Å².